The third-order valence-corrected chi connectivity index (χ3v) is 5.35. The van der Waals surface area contributed by atoms with Crippen molar-refractivity contribution in [3.05, 3.63) is 70.9 Å². The summed E-state index contributed by atoms with van der Waals surface area (Å²) in [6, 6.07) is 16.3. The molecule has 0 aliphatic carbocycles. The molecule has 28 heavy (non-hydrogen) atoms. The van der Waals surface area contributed by atoms with Crippen LogP contribution in [0.3, 0.4) is 0 Å². The molecule has 146 valence electrons. The Morgan fingerprint density at radius 2 is 1.71 bits per heavy atom. The van der Waals surface area contributed by atoms with Crippen LogP contribution < -0.4 is 5.32 Å². The number of aromatic nitrogens is 2. The average Bonchev–Trinajstić information content (AvgIpc) is 3.09. The quantitative estimate of drug-likeness (QED) is 0.663. The van der Waals surface area contributed by atoms with Gasteiger partial charge >= 0.3 is 0 Å². The van der Waals surface area contributed by atoms with Gasteiger partial charge in [0.1, 0.15) is 5.69 Å². The third-order valence-electron chi connectivity index (χ3n) is 5.35. The topological polar surface area (TPSA) is 46.9 Å². The van der Waals surface area contributed by atoms with E-state index in [1.54, 1.807) is 4.68 Å². The van der Waals surface area contributed by atoms with Gasteiger partial charge in [0.25, 0.3) is 5.91 Å². The van der Waals surface area contributed by atoms with Gasteiger partial charge in [-0.15, -0.1) is 0 Å². The van der Waals surface area contributed by atoms with Gasteiger partial charge in [-0.05, 0) is 74.6 Å². The van der Waals surface area contributed by atoms with Gasteiger partial charge in [-0.25, -0.2) is 4.68 Å². The van der Waals surface area contributed by atoms with E-state index in [1.807, 2.05) is 44.2 Å². The fourth-order valence-electron chi connectivity index (χ4n) is 2.99. The summed E-state index contributed by atoms with van der Waals surface area (Å²) in [5, 5.41) is 7.90. The second-order valence-corrected chi connectivity index (χ2v) is 7.97. The summed E-state index contributed by atoms with van der Waals surface area (Å²) in [7, 11) is 0. The number of hydrogen-bond acceptors (Lipinski definition) is 2. The number of carbonyl (C=O) groups is 1. The van der Waals surface area contributed by atoms with Crippen molar-refractivity contribution in [3.8, 4) is 16.9 Å². The van der Waals surface area contributed by atoms with Gasteiger partial charge in [0.05, 0.1) is 11.4 Å². The highest BCUT2D eigenvalue weighted by molar-refractivity contribution is 5.94. The Labute approximate surface area is 167 Å². The van der Waals surface area contributed by atoms with Gasteiger partial charge < -0.3 is 5.32 Å². The van der Waals surface area contributed by atoms with Gasteiger partial charge in [0.2, 0.25) is 0 Å². The normalized spacial score (nSPS) is 12.2. The first-order chi connectivity index (χ1) is 13.3. The molecule has 1 N–H and O–H groups in total. The van der Waals surface area contributed by atoms with E-state index in [0.717, 1.165) is 22.5 Å². The molecule has 1 atom stereocenters. The van der Waals surface area contributed by atoms with Crippen LogP contribution in [-0.2, 0) is 0 Å². The molecule has 0 saturated carbocycles. The molecule has 4 heteroatoms. The molecule has 0 bridgehead atoms. The number of aryl methyl sites for hydroxylation is 3. The van der Waals surface area contributed by atoms with Crippen molar-refractivity contribution in [2.45, 2.75) is 47.6 Å². The Kier molecular flexibility index (Phi) is 5.68. The van der Waals surface area contributed by atoms with Crippen LogP contribution in [0, 0.1) is 26.7 Å². The zero-order chi connectivity index (χ0) is 20.4. The first-order valence-corrected chi connectivity index (χ1v) is 9.82. The molecule has 3 aromatic rings. The minimum Gasteiger partial charge on any atom is -0.348 e. The molecule has 0 radical (unpaired) electrons. The first kappa shape index (κ1) is 19.9. The number of amides is 1. The Hall–Kier alpha value is -2.88. The molecule has 0 saturated heterocycles. The summed E-state index contributed by atoms with van der Waals surface area (Å²) in [6.07, 6.45) is 0. The van der Waals surface area contributed by atoms with Gasteiger partial charge in [-0.3, -0.25) is 4.79 Å². The average molecular weight is 376 g/mol. The predicted octanol–water partition coefficient (Wildman–Crippen LogP) is 5.24. The lowest BCUT2D eigenvalue weighted by atomic mass is 10.0. The van der Waals surface area contributed by atoms with Gasteiger partial charge in [0.15, 0.2) is 0 Å². The van der Waals surface area contributed by atoms with E-state index in [2.05, 4.69) is 51.2 Å². The summed E-state index contributed by atoms with van der Waals surface area (Å²) in [4.78, 5) is 13.0. The molecule has 3 rings (SSSR count). The Morgan fingerprint density at radius 1 is 0.964 bits per heavy atom. The molecule has 2 aromatic carbocycles. The lowest BCUT2D eigenvalue weighted by Gasteiger charge is -2.17. The predicted molar refractivity (Wildman–Crippen MR) is 115 cm³/mol. The van der Waals surface area contributed by atoms with Crippen molar-refractivity contribution < 1.29 is 4.79 Å². The summed E-state index contributed by atoms with van der Waals surface area (Å²) in [5.74, 6) is 0.254. The minimum absolute atomic E-state index is 0.0819. The van der Waals surface area contributed by atoms with Gasteiger partial charge in [-0.2, -0.15) is 5.10 Å². The van der Waals surface area contributed by atoms with E-state index in [4.69, 9.17) is 5.10 Å². The van der Waals surface area contributed by atoms with Crippen molar-refractivity contribution >= 4 is 5.91 Å². The molecule has 1 heterocycles. The molecule has 4 nitrogen and oxygen atoms in total. The lowest BCUT2D eigenvalue weighted by Crippen LogP contribution is -2.37. The monoisotopic (exact) mass is 375 g/mol. The van der Waals surface area contributed by atoms with Crippen LogP contribution in [0.1, 0.15) is 48.0 Å². The Bertz CT molecular complexity index is 1000. The lowest BCUT2D eigenvalue weighted by molar-refractivity contribution is 0.0922. The zero-order valence-corrected chi connectivity index (χ0v) is 17.6. The summed E-state index contributed by atoms with van der Waals surface area (Å²) >= 11 is 0. The first-order valence-electron chi connectivity index (χ1n) is 9.82. The number of hydrogen-bond donors (Lipinski definition) is 1. The van der Waals surface area contributed by atoms with E-state index in [9.17, 15) is 4.79 Å². The number of carbonyl (C=O) groups excluding carboxylic acids is 1. The maximum absolute atomic E-state index is 13.0. The smallest absolute Gasteiger partial charge is 0.270 e. The molecule has 0 spiro atoms. The van der Waals surface area contributed by atoms with Crippen LogP contribution in [0.15, 0.2) is 48.5 Å². The number of rotatable bonds is 5. The zero-order valence-electron chi connectivity index (χ0n) is 17.6. The summed E-state index contributed by atoms with van der Waals surface area (Å²) in [6.45, 7) is 12.5. The highest BCUT2D eigenvalue weighted by Gasteiger charge is 2.20. The Morgan fingerprint density at radius 3 is 2.36 bits per heavy atom. The molecule has 1 aromatic heterocycles. The molecule has 1 amide bonds. The van der Waals surface area contributed by atoms with Gasteiger partial charge in [-0.1, -0.05) is 38.1 Å². The van der Waals surface area contributed by atoms with Crippen LogP contribution in [0.25, 0.3) is 16.9 Å². The van der Waals surface area contributed by atoms with Gasteiger partial charge in [0, 0.05) is 11.6 Å². The second kappa shape index (κ2) is 8.01. The van der Waals surface area contributed by atoms with Crippen LogP contribution in [-0.4, -0.2) is 21.7 Å². The van der Waals surface area contributed by atoms with E-state index < -0.39 is 0 Å². The summed E-state index contributed by atoms with van der Waals surface area (Å²) < 4.78 is 1.75. The van der Waals surface area contributed by atoms with E-state index in [1.165, 1.54) is 11.1 Å². The molecule has 0 fully saturated rings. The van der Waals surface area contributed by atoms with Crippen LogP contribution in [0.5, 0.6) is 0 Å². The Balaban J connectivity index is 2.09. The standard InChI is InChI=1S/C24H29N3O/c1-15(2)19(6)25-24(28)23-14-22(20-11-10-17(4)18(5)13-20)26-27(23)21-9-7-8-16(3)12-21/h7-15,19H,1-6H3,(H,25,28)/t19-/m0/s1. The van der Waals surface area contributed by atoms with E-state index in [-0.39, 0.29) is 11.9 Å². The van der Waals surface area contributed by atoms with Crippen LogP contribution in [0.4, 0.5) is 0 Å². The van der Waals surface area contributed by atoms with Crippen molar-refractivity contribution in [3.63, 3.8) is 0 Å². The van der Waals surface area contributed by atoms with Crippen molar-refractivity contribution in [1.29, 1.82) is 0 Å². The highest BCUT2D eigenvalue weighted by atomic mass is 16.2. The largest absolute Gasteiger partial charge is 0.348 e. The second-order valence-electron chi connectivity index (χ2n) is 7.97. The molecule has 0 unspecified atom stereocenters. The van der Waals surface area contributed by atoms with E-state index >= 15 is 0 Å². The number of nitrogens with zero attached hydrogens (tertiary/aromatic N) is 2. The minimum atomic E-state index is -0.106. The molecule has 0 aliphatic heterocycles. The fraction of sp³-hybridized carbons (Fsp3) is 0.333. The number of benzene rings is 2. The van der Waals surface area contributed by atoms with Crippen LogP contribution >= 0.6 is 0 Å². The molecular weight excluding hydrogens is 346 g/mol. The van der Waals surface area contributed by atoms with Crippen molar-refractivity contribution in [2.24, 2.45) is 5.92 Å². The maximum Gasteiger partial charge on any atom is 0.270 e. The third kappa shape index (κ3) is 4.16. The molecular formula is C24H29N3O. The SMILES string of the molecule is Cc1cccc(-n2nc(-c3ccc(C)c(C)c3)cc2C(=O)N[C@@H](C)C(C)C)c1. The van der Waals surface area contributed by atoms with Crippen molar-refractivity contribution in [1.82, 2.24) is 15.1 Å². The van der Waals surface area contributed by atoms with E-state index in [0.29, 0.717) is 11.6 Å². The highest BCUT2D eigenvalue weighted by Crippen LogP contribution is 2.24. The molecule has 0 aliphatic rings. The fourth-order valence-corrected chi connectivity index (χ4v) is 2.99. The number of nitrogens with one attached hydrogen (secondary N) is 1. The van der Waals surface area contributed by atoms with Crippen LogP contribution in [0.2, 0.25) is 0 Å². The maximum atomic E-state index is 13.0. The summed E-state index contributed by atoms with van der Waals surface area (Å²) in [5.41, 5.74) is 6.83. The van der Waals surface area contributed by atoms with Crippen molar-refractivity contribution in [2.75, 3.05) is 0 Å².